The van der Waals surface area contributed by atoms with Crippen molar-refractivity contribution < 1.29 is 14.3 Å². The fourth-order valence-electron chi connectivity index (χ4n) is 2.25. The molecule has 0 radical (unpaired) electrons. The minimum atomic E-state index is -0.376. The first-order valence-corrected chi connectivity index (χ1v) is 7.11. The molecule has 1 aliphatic rings. The van der Waals surface area contributed by atoms with Crippen molar-refractivity contribution >= 4 is 17.6 Å². The second-order valence-corrected chi connectivity index (χ2v) is 4.98. The zero-order chi connectivity index (χ0) is 15.1. The number of nitrogens with zero attached hydrogens (tertiary/aromatic N) is 1. The Balaban J connectivity index is 1.79. The molecule has 2 rings (SSSR count). The molecule has 2 amide bonds. The lowest BCUT2D eigenvalue weighted by atomic mass is 10.00. The van der Waals surface area contributed by atoms with Gasteiger partial charge in [-0.05, 0) is 24.0 Å². The number of amides is 2. The van der Waals surface area contributed by atoms with Gasteiger partial charge in [0.05, 0.1) is 6.61 Å². The molecular weight excluding hydrogens is 268 g/mol. The van der Waals surface area contributed by atoms with Gasteiger partial charge < -0.3 is 15.4 Å². The maximum absolute atomic E-state index is 11.8. The molecule has 5 heteroatoms. The normalized spacial score (nSPS) is 14.5. The van der Waals surface area contributed by atoms with Crippen LogP contribution in [-0.4, -0.2) is 36.6 Å². The van der Waals surface area contributed by atoms with E-state index in [0.29, 0.717) is 19.5 Å². The van der Waals surface area contributed by atoms with Crippen LogP contribution < -0.4 is 5.73 Å². The van der Waals surface area contributed by atoms with E-state index in [1.165, 1.54) is 11.1 Å². The van der Waals surface area contributed by atoms with Crippen LogP contribution in [0.25, 0.3) is 5.57 Å². The molecule has 21 heavy (non-hydrogen) atoms. The number of ether oxygens (including phenoxy) is 1. The molecule has 5 nitrogen and oxygen atoms in total. The van der Waals surface area contributed by atoms with Crippen molar-refractivity contribution in [2.45, 2.75) is 19.3 Å². The van der Waals surface area contributed by atoms with E-state index in [9.17, 15) is 9.59 Å². The molecule has 1 aromatic rings. The van der Waals surface area contributed by atoms with Gasteiger partial charge in [-0.3, -0.25) is 4.79 Å². The van der Waals surface area contributed by atoms with Gasteiger partial charge in [0.2, 0.25) is 5.91 Å². The lowest BCUT2D eigenvalue weighted by Gasteiger charge is -2.26. The number of primary amides is 1. The number of carbonyl (C=O) groups excluding carboxylic acids is 2. The molecule has 0 bridgehead atoms. The van der Waals surface area contributed by atoms with Gasteiger partial charge in [0.15, 0.2) is 0 Å². The van der Waals surface area contributed by atoms with Gasteiger partial charge in [0.25, 0.3) is 0 Å². The molecule has 112 valence electrons. The van der Waals surface area contributed by atoms with Crippen molar-refractivity contribution in [2.75, 3.05) is 19.7 Å². The zero-order valence-corrected chi connectivity index (χ0v) is 12.0. The Hall–Kier alpha value is -2.30. The van der Waals surface area contributed by atoms with Crippen LogP contribution >= 0.6 is 0 Å². The van der Waals surface area contributed by atoms with Crippen molar-refractivity contribution in [3.05, 3.63) is 42.0 Å². The summed E-state index contributed by atoms with van der Waals surface area (Å²) in [5, 5.41) is 0. The zero-order valence-electron chi connectivity index (χ0n) is 12.0. The Bertz CT molecular complexity index is 526. The topological polar surface area (TPSA) is 72.6 Å². The number of rotatable bonds is 5. The summed E-state index contributed by atoms with van der Waals surface area (Å²) in [5.41, 5.74) is 7.48. The molecule has 1 aliphatic heterocycles. The van der Waals surface area contributed by atoms with Crippen LogP contribution in [0.1, 0.15) is 24.8 Å². The maximum Gasteiger partial charge on any atom is 0.410 e. The predicted molar refractivity (Wildman–Crippen MR) is 80.4 cm³/mol. The van der Waals surface area contributed by atoms with Crippen LogP contribution in [0.5, 0.6) is 0 Å². The van der Waals surface area contributed by atoms with Gasteiger partial charge in [-0.15, -0.1) is 0 Å². The summed E-state index contributed by atoms with van der Waals surface area (Å²) < 4.78 is 5.12. The van der Waals surface area contributed by atoms with E-state index in [2.05, 4.69) is 18.2 Å². The van der Waals surface area contributed by atoms with E-state index in [-0.39, 0.29) is 25.0 Å². The van der Waals surface area contributed by atoms with Gasteiger partial charge in [-0.1, -0.05) is 36.4 Å². The average Bonchev–Trinajstić information content (AvgIpc) is 2.52. The largest absolute Gasteiger partial charge is 0.449 e. The minimum absolute atomic E-state index is 0.230. The van der Waals surface area contributed by atoms with Crippen LogP contribution in [0.15, 0.2) is 36.4 Å². The summed E-state index contributed by atoms with van der Waals surface area (Å²) in [7, 11) is 0. The standard InChI is InChI=1S/C16H20N2O3/c17-15(19)7-4-12-21-16(20)18-10-8-14(9-11-18)13-5-2-1-3-6-13/h1-3,5-6,8H,4,7,9-12H2,(H2,17,19). The number of carbonyl (C=O) groups is 2. The Labute approximate surface area is 124 Å². The molecule has 0 aromatic heterocycles. The second kappa shape index (κ2) is 7.47. The highest BCUT2D eigenvalue weighted by Crippen LogP contribution is 2.22. The molecule has 0 spiro atoms. The third-order valence-corrected chi connectivity index (χ3v) is 3.40. The highest BCUT2D eigenvalue weighted by atomic mass is 16.6. The summed E-state index contributed by atoms with van der Waals surface area (Å²) in [6.07, 6.45) is 3.26. The first-order chi connectivity index (χ1) is 10.2. The first-order valence-electron chi connectivity index (χ1n) is 7.11. The van der Waals surface area contributed by atoms with E-state index < -0.39 is 0 Å². The number of benzene rings is 1. The van der Waals surface area contributed by atoms with Crippen LogP contribution in [0.3, 0.4) is 0 Å². The van der Waals surface area contributed by atoms with Crippen molar-refractivity contribution in [1.82, 2.24) is 4.90 Å². The van der Waals surface area contributed by atoms with Crippen LogP contribution in [0, 0.1) is 0 Å². The molecular formula is C16H20N2O3. The third kappa shape index (κ3) is 4.63. The highest BCUT2D eigenvalue weighted by Gasteiger charge is 2.18. The lowest BCUT2D eigenvalue weighted by Crippen LogP contribution is -2.35. The number of hydrogen-bond acceptors (Lipinski definition) is 3. The van der Waals surface area contributed by atoms with Crippen LogP contribution in [0.2, 0.25) is 0 Å². The van der Waals surface area contributed by atoms with E-state index in [1.54, 1.807) is 4.90 Å². The number of hydrogen-bond donors (Lipinski definition) is 1. The fraction of sp³-hybridized carbons (Fsp3) is 0.375. The monoisotopic (exact) mass is 288 g/mol. The fourth-order valence-corrected chi connectivity index (χ4v) is 2.25. The maximum atomic E-state index is 11.8. The van der Waals surface area contributed by atoms with Crippen molar-refractivity contribution in [1.29, 1.82) is 0 Å². The molecule has 0 unspecified atom stereocenters. The third-order valence-electron chi connectivity index (χ3n) is 3.40. The van der Waals surface area contributed by atoms with Crippen LogP contribution in [0.4, 0.5) is 4.79 Å². The summed E-state index contributed by atoms with van der Waals surface area (Å²) >= 11 is 0. The van der Waals surface area contributed by atoms with Gasteiger partial charge in [-0.2, -0.15) is 0 Å². The van der Waals surface area contributed by atoms with Gasteiger partial charge in [0, 0.05) is 19.5 Å². The van der Waals surface area contributed by atoms with Crippen molar-refractivity contribution in [2.24, 2.45) is 5.73 Å². The summed E-state index contributed by atoms with van der Waals surface area (Å²) in [5.74, 6) is -0.376. The molecule has 0 fully saturated rings. The molecule has 1 aromatic carbocycles. The lowest BCUT2D eigenvalue weighted by molar-refractivity contribution is -0.118. The van der Waals surface area contributed by atoms with Gasteiger partial charge in [0.1, 0.15) is 0 Å². The molecule has 0 saturated carbocycles. The summed E-state index contributed by atoms with van der Waals surface area (Å²) in [6, 6.07) is 10.2. The van der Waals surface area contributed by atoms with Crippen LogP contribution in [-0.2, 0) is 9.53 Å². The molecule has 2 N–H and O–H groups in total. The Kier molecular flexibility index (Phi) is 5.37. The quantitative estimate of drug-likeness (QED) is 0.844. The van der Waals surface area contributed by atoms with E-state index in [0.717, 1.165) is 6.42 Å². The highest BCUT2D eigenvalue weighted by molar-refractivity contribution is 5.74. The average molecular weight is 288 g/mol. The molecule has 0 atom stereocenters. The minimum Gasteiger partial charge on any atom is -0.449 e. The van der Waals surface area contributed by atoms with Crippen molar-refractivity contribution in [3.63, 3.8) is 0 Å². The predicted octanol–water partition coefficient (Wildman–Crippen LogP) is 2.18. The molecule has 1 heterocycles. The SMILES string of the molecule is NC(=O)CCCOC(=O)N1CC=C(c2ccccc2)CC1. The molecule has 0 aliphatic carbocycles. The first kappa shape index (κ1) is 15.1. The van der Waals surface area contributed by atoms with E-state index >= 15 is 0 Å². The van der Waals surface area contributed by atoms with E-state index in [4.69, 9.17) is 10.5 Å². The summed E-state index contributed by atoms with van der Waals surface area (Å²) in [4.78, 5) is 24.1. The number of nitrogens with two attached hydrogens (primary N) is 1. The second-order valence-electron chi connectivity index (χ2n) is 4.98. The summed E-state index contributed by atoms with van der Waals surface area (Å²) in [6.45, 7) is 1.43. The van der Waals surface area contributed by atoms with Crippen molar-refractivity contribution in [3.8, 4) is 0 Å². The Morgan fingerprint density at radius 1 is 1.24 bits per heavy atom. The molecule has 0 saturated heterocycles. The smallest absolute Gasteiger partial charge is 0.410 e. The Morgan fingerprint density at radius 3 is 2.62 bits per heavy atom. The van der Waals surface area contributed by atoms with E-state index in [1.807, 2.05) is 18.2 Å². The van der Waals surface area contributed by atoms with Gasteiger partial charge in [-0.25, -0.2) is 4.79 Å². The Morgan fingerprint density at radius 2 is 2.00 bits per heavy atom. The van der Waals surface area contributed by atoms with Gasteiger partial charge >= 0.3 is 6.09 Å².